The Bertz CT molecular complexity index is 1050. The van der Waals surface area contributed by atoms with Gasteiger partial charge in [-0.3, -0.25) is 9.89 Å². The third kappa shape index (κ3) is 7.46. The molecule has 178 valence electrons. The Morgan fingerprint density at radius 2 is 2.15 bits per heavy atom. The van der Waals surface area contributed by atoms with Crippen LogP contribution in [0.5, 0.6) is 0 Å². The third-order valence-electron chi connectivity index (χ3n) is 5.25. The first-order chi connectivity index (χ1) is 15.7. The summed E-state index contributed by atoms with van der Waals surface area (Å²) in [7, 11) is 1.78. The van der Waals surface area contributed by atoms with E-state index in [-0.39, 0.29) is 6.10 Å². The maximum Gasteiger partial charge on any atom is 0.159 e. The van der Waals surface area contributed by atoms with E-state index >= 15 is 0 Å². The molecule has 1 aliphatic rings. The average molecular weight is 493 g/mol. The number of aryl methyl sites for hydroxylation is 1. The first-order valence-electron chi connectivity index (χ1n) is 10.9. The lowest BCUT2D eigenvalue weighted by Gasteiger charge is -2.33. The van der Waals surface area contributed by atoms with Crippen LogP contribution in [0.2, 0.25) is 0 Å². The lowest BCUT2D eigenvalue weighted by molar-refractivity contribution is -0.0280. The summed E-state index contributed by atoms with van der Waals surface area (Å²) in [6.45, 7) is 9.28. The van der Waals surface area contributed by atoms with E-state index in [1.54, 1.807) is 24.5 Å². The topological polar surface area (TPSA) is 49.8 Å². The molecule has 1 aromatic carbocycles. The molecule has 0 bridgehead atoms. The van der Waals surface area contributed by atoms with Crippen molar-refractivity contribution in [1.29, 1.82) is 0 Å². The van der Waals surface area contributed by atoms with Gasteiger partial charge < -0.3 is 10.1 Å². The predicted molar refractivity (Wildman–Crippen MR) is 134 cm³/mol. The highest BCUT2D eigenvalue weighted by molar-refractivity contribution is 7.80. The van der Waals surface area contributed by atoms with Gasteiger partial charge in [0.25, 0.3) is 0 Å². The normalized spacial score (nSPS) is 17.2. The summed E-state index contributed by atoms with van der Waals surface area (Å²) in [4.78, 5) is 13.1. The monoisotopic (exact) mass is 492 g/mol. The quantitative estimate of drug-likeness (QED) is 0.435. The number of aromatic nitrogens is 1. The fourth-order valence-electron chi connectivity index (χ4n) is 3.58. The average Bonchev–Trinajstić information content (AvgIpc) is 3.13. The maximum absolute atomic E-state index is 13.5. The molecule has 2 aromatic rings. The van der Waals surface area contributed by atoms with Crippen LogP contribution >= 0.6 is 23.6 Å². The van der Waals surface area contributed by atoms with Crippen molar-refractivity contribution in [3.8, 4) is 0 Å². The van der Waals surface area contributed by atoms with Gasteiger partial charge in [0.2, 0.25) is 0 Å². The number of benzene rings is 1. The summed E-state index contributed by atoms with van der Waals surface area (Å²) in [5.41, 5.74) is 3.76. The summed E-state index contributed by atoms with van der Waals surface area (Å²) in [5, 5.41) is 4.21. The molecule has 9 heteroatoms. The Balaban J connectivity index is 1.51. The van der Waals surface area contributed by atoms with Gasteiger partial charge in [-0.05, 0) is 44.5 Å². The van der Waals surface area contributed by atoms with Gasteiger partial charge in [0, 0.05) is 44.5 Å². The van der Waals surface area contributed by atoms with E-state index in [9.17, 15) is 8.78 Å². The number of hydrogen-bond acceptors (Lipinski definition) is 6. The molecule has 0 saturated carbocycles. The third-order valence-corrected chi connectivity index (χ3v) is 6.57. The number of ether oxygens (including phenoxy) is 1. The minimum Gasteiger partial charge on any atom is -0.377 e. The molecule has 0 aliphatic carbocycles. The lowest BCUT2D eigenvalue weighted by Crippen LogP contribution is -2.47. The van der Waals surface area contributed by atoms with Crippen molar-refractivity contribution in [2.45, 2.75) is 39.8 Å². The van der Waals surface area contributed by atoms with Crippen molar-refractivity contribution >= 4 is 34.3 Å². The van der Waals surface area contributed by atoms with Crippen LogP contribution in [-0.4, -0.2) is 60.0 Å². The first-order valence-corrected chi connectivity index (χ1v) is 12.1. The summed E-state index contributed by atoms with van der Waals surface area (Å²) in [5.74, 6) is -1.64. The van der Waals surface area contributed by atoms with Crippen LogP contribution in [0.25, 0.3) is 0 Å². The number of allylic oxidation sites excluding steroid dienone is 2. The van der Waals surface area contributed by atoms with E-state index in [1.165, 1.54) is 17.7 Å². The molecule has 0 amide bonds. The van der Waals surface area contributed by atoms with Crippen molar-refractivity contribution in [3.63, 3.8) is 0 Å². The SMILES string of the molecule is CN=C(C=C(C)C)c1nc(CC(=S)NC[C@H]2CN(Cc3ccc(F)c(F)c3)CCO2)c(C)s1. The van der Waals surface area contributed by atoms with Crippen molar-refractivity contribution < 1.29 is 13.5 Å². The Kier molecular flexibility index (Phi) is 9.19. The Morgan fingerprint density at radius 3 is 2.85 bits per heavy atom. The number of morpholine rings is 1. The van der Waals surface area contributed by atoms with Crippen molar-refractivity contribution in [2.75, 3.05) is 33.3 Å². The van der Waals surface area contributed by atoms with Crippen molar-refractivity contribution in [3.05, 3.63) is 62.6 Å². The van der Waals surface area contributed by atoms with Gasteiger partial charge in [-0.25, -0.2) is 13.8 Å². The zero-order chi connectivity index (χ0) is 24.0. The fourth-order valence-corrected chi connectivity index (χ4v) is 4.74. The summed E-state index contributed by atoms with van der Waals surface area (Å²) in [6.07, 6.45) is 2.56. The van der Waals surface area contributed by atoms with Crippen LogP contribution in [0, 0.1) is 18.6 Å². The molecular weight excluding hydrogens is 462 g/mol. The highest BCUT2D eigenvalue weighted by Crippen LogP contribution is 2.20. The Hall–Kier alpha value is -2.07. The van der Waals surface area contributed by atoms with Gasteiger partial charge in [0.15, 0.2) is 11.6 Å². The molecule has 2 heterocycles. The number of nitrogens with one attached hydrogen (secondary N) is 1. The van der Waals surface area contributed by atoms with Crippen LogP contribution in [0.4, 0.5) is 8.78 Å². The van der Waals surface area contributed by atoms with Crippen LogP contribution < -0.4 is 5.32 Å². The number of halogens is 2. The number of thiocarbonyl (C=S) groups is 1. The molecule has 1 aliphatic heterocycles. The van der Waals surface area contributed by atoms with E-state index < -0.39 is 11.6 Å². The number of rotatable bonds is 8. The van der Waals surface area contributed by atoms with E-state index in [0.717, 1.165) is 33.4 Å². The minimum absolute atomic E-state index is 0.0365. The summed E-state index contributed by atoms with van der Waals surface area (Å²) < 4.78 is 32.5. The van der Waals surface area contributed by atoms with Gasteiger partial charge in [-0.1, -0.05) is 23.9 Å². The zero-order valence-electron chi connectivity index (χ0n) is 19.5. The summed E-state index contributed by atoms with van der Waals surface area (Å²) in [6, 6.07) is 4.04. The van der Waals surface area contributed by atoms with Crippen LogP contribution in [0.3, 0.4) is 0 Å². The molecule has 1 saturated heterocycles. The molecule has 0 unspecified atom stereocenters. The van der Waals surface area contributed by atoms with Crippen LogP contribution in [0.15, 0.2) is 34.8 Å². The van der Waals surface area contributed by atoms with E-state index in [4.69, 9.17) is 21.9 Å². The zero-order valence-corrected chi connectivity index (χ0v) is 21.1. The molecule has 33 heavy (non-hydrogen) atoms. The highest BCUT2D eigenvalue weighted by Gasteiger charge is 2.21. The Morgan fingerprint density at radius 1 is 1.36 bits per heavy atom. The predicted octanol–water partition coefficient (Wildman–Crippen LogP) is 4.48. The van der Waals surface area contributed by atoms with E-state index in [1.807, 2.05) is 19.9 Å². The first kappa shape index (κ1) is 25.6. The van der Waals surface area contributed by atoms with Crippen molar-refractivity contribution in [1.82, 2.24) is 15.2 Å². The van der Waals surface area contributed by atoms with Gasteiger partial charge in [0.1, 0.15) is 5.01 Å². The van der Waals surface area contributed by atoms with Gasteiger partial charge in [-0.2, -0.15) is 0 Å². The summed E-state index contributed by atoms with van der Waals surface area (Å²) >= 11 is 7.19. The van der Waals surface area contributed by atoms with E-state index in [2.05, 4.69) is 22.1 Å². The lowest BCUT2D eigenvalue weighted by atomic mass is 10.1. The van der Waals surface area contributed by atoms with Crippen LogP contribution in [-0.2, 0) is 17.7 Å². The number of thiazole rings is 1. The standard InChI is InChI=1S/C24H30F2N4OS2/c1-15(2)9-22(27-4)24-29-21(16(3)33-24)11-23(32)28-12-18-14-30(7-8-31-18)13-17-5-6-19(25)20(26)10-17/h5-6,9-10,18H,7-8,11-14H2,1-4H3,(H,28,32)/t18-/m0/s1. The van der Waals surface area contributed by atoms with Crippen LogP contribution in [0.1, 0.15) is 35.0 Å². The molecule has 0 spiro atoms. The highest BCUT2D eigenvalue weighted by atomic mass is 32.1. The number of hydrogen-bond donors (Lipinski definition) is 1. The fraction of sp³-hybridized carbons (Fsp3) is 0.458. The van der Waals surface area contributed by atoms with Gasteiger partial charge >= 0.3 is 0 Å². The molecule has 1 aromatic heterocycles. The molecule has 1 fully saturated rings. The van der Waals surface area contributed by atoms with E-state index in [0.29, 0.717) is 37.7 Å². The maximum atomic E-state index is 13.5. The van der Waals surface area contributed by atoms with Gasteiger partial charge in [-0.15, -0.1) is 11.3 Å². The second kappa shape index (κ2) is 11.9. The molecule has 1 atom stereocenters. The molecule has 5 nitrogen and oxygen atoms in total. The number of aliphatic imine (C=N–C) groups is 1. The molecule has 3 rings (SSSR count). The van der Waals surface area contributed by atoms with Crippen molar-refractivity contribution in [2.24, 2.45) is 4.99 Å². The second-order valence-electron chi connectivity index (χ2n) is 8.31. The molecule has 0 radical (unpaired) electrons. The molecule has 1 N–H and O–H groups in total. The Labute approximate surface area is 203 Å². The number of nitrogens with zero attached hydrogens (tertiary/aromatic N) is 3. The minimum atomic E-state index is -0.825. The molecular formula is C24H30F2N4OS2. The van der Waals surface area contributed by atoms with Gasteiger partial charge in [0.05, 0.1) is 29.1 Å². The second-order valence-corrected chi connectivity index (χ2v) is 10.0. The largest absolute Gasteiger partial charge is 0.377 e. The smallest absolute Gasteiger partial charge is 0.159 e.